The van der Waals surface area contributed by atoms with Crippen molar-refractivity contribution in [3.8, 4) is 56.4 Å². The maximum Gasteiger partial charge on any atom is 0.0827 e. The lowest BCUT2D eigenvalue weighted by Crippen LogP contribution is -2.16. The van der Waals surface area contributed by atoms with Gasteiger partial charge >= 0.3 is 0 Å². The molecule has 0 fully saturated rings. The van der Waals surface area contributed by atoms with Gasteiger partial charge in [0.25, 0.3) is 0 Å². The summed E-state index contributed by atoms with van der Waals surface area (Å²) in [6, 6.07) is 92.6. The van der Waals surface area contributed by atoms with E-state index in [1.54, 1.807) is 0 Å². The molecule has 6 aromatic heterocycles. The van der Waals surface area contributed by atoms with Crippen molar-refractivity contribution in [1.29, 1.82) is 0 Å². The van der Waals surface area contributed by atoms with E-state index >= 15 is 0 Å². The summed E-state index contributed by atoms with van der Waals surface area (Å²) >= 11 is 0. The van der Waals surface area contributed by atoms with E-state index in [0.29, 0.717) is 0 Å². The molecule has 0 aliphatic rings. The molecule has 0 bridgehead atoms. The van der Waals surface area contributed by atoms with E-state index in [4.69, 9.17) is 9.97 Å². The van der Waals surface area contributed by atoms with Crippen LogP contribution >= 0.6 is 0 Å². The van der Waals surface area contributed by atoms with Crippen LogP contribution in [0.2, 0.25) is 0 Å². The predicted octanol–water partition coefficient (Wildman–Crippen LogP) is 17.9. The lowest BCUT2D eigenvalue weighted by atomic mass is 9.92. The van der Waals surface area contributed by atoms with Crippen LogP contribution in [-0.4, -0.2) is 28.2 Å². The van der Waals surface area contributed by atoms with Crippen LogP contribution in [-0.2, 0) is 0 Å². The van der Waals surface area contributed by atoms with Gasteiger partial charge in [0.2, 0.25) is 0 Å². The Morgan fingerprint density at radius 1 is 0.224 bits per heavy atom. The number of rotatable bonds is 7. The van der Waals surface area contributed by atoms with E-state index in [1.165, 1.54) is 21.5 Å². The van der Waals surface area contributed by atoms with Crippen LogP contribution in [0.25, 0.3) is 144 Å². The van der Waals surface area contributed by atoms with Gasteiger partial charge in [0.05, 0.1) is 83.8 Å². The topological polar surface area (TPSA) is 45.5 Å². The van der Waals surface area contributed by atoms with Gasteiger partial charge in [-0.25, -0.2) is 4.98 Å². The first-order valence-corrected chi connectivity index (χ1v) is 25.9. The fourth-order valence-corrected chi connectivity index (χ4v) is 12.6. The second-order valence-electron chi connectivity index (χ2n) is 19.6. The Bertz CT molecular complexity index is 4530. The van der Waals surface area contributed by atoms with Crippen molar-refractivity contribution in [2.75, 3.05) is 0 Å². The SMILES string of the molecule is c1ccc(-c2cccc(-c3c(-n4c5ccccc5c5ccccc54)c(-n4c5ccccc5c5ccccc54)c(-c4cccnc4)c(-n4c5ccccc5c5ccccc54)c3-n3c4ccccc4c4ccccc43)n2)cc1. The largest absolute Gasteiger partial charge is 0.306 e. The van der Waals surface area contributed by atoms with Crippen LogP contribution in [0.5, 0.6) is 0 Å². The van der Waals surface area contributed by atoms with Gasteiger partial charge in [-0.1, -0.05) is 188 Å². The molecular formula is C70H44N6. The average molecular weight is 969 g/mol. The Hall–Kier alpha value is -10.3. The molecule has 10 aromatic carbocycles. The highest BCUT2D eigenvalue weighted by Gasteiger charge is 2.36. The van der Waals surface area contributed by atoms with Crippen LogP contribution in [0, 0.1) is 0 Å². The Morgan fingerprint density at radius 3 is 0.842 bits per heavy atom. The van der Waals surface area contributed by atoms with Gasteiger partial charge in [0.1, 0.15) is 0 Å². The Balaban J connectivity index is 1.29. The Morgan fingerprint density at radius 2 is 0.513 bits per heavy atom. The second-order valence-corrected chi connectivity index (χ2v) is 19.6. The molecule has 0 aliphatic heterocycles. The van der Waals surface area contributed by atoms with E-state index in [9.17, 15) is 0 Å². The van der Waals surface area contributed by atoms with Gasteiger partial charge in [-0.3, -0.25) is 4.98 Å². The quantitative estimate of drug-likeness (QED) is 0.160. The van der Waals surface area contributed by atoms with Gasteiger partial charge in [-0.15, -0.1) is 0 Å². The van der Waals surface area contributed by atoms with E-state index in [1.807, 2.05) is 6.20 Å². The van der Waals surface area contributed by atoms with Crippen LogP contribution in [0.1, 0.15) is 0 Å². The van der Waals surface area contributed by atoms with Crippen LogP contribution in [0.15, 0.2) is 267 Å². The number of para-hydroxylation sites is 8. The third kappa shape index (κ3) is 6.04. The lowest BCUT2D eigenvalue weighted by molar-refractivity contribution is 1.04. The van der Waals surface area contributed by atoms with Gasteiger partial charge in [0.15, 0.2) is 0 Å². The fourth-order valence-electron chi connectivity index (χ4n) is 12.6. The minimum absolute atomic E-state index is 0.830. The molecule has 0 amide bonds. The maximum atomic E-state index is 5.91. The summed E-state index contributed by atoms with van der Waals surface area (Å²) in [7, 11) is 0. The number of benzene rings is 10. The fraction of sp³-hybridized carbons (Fsp3) is 0. The molecule has 16 aromatic rings. The lowest BCUT2D eigenvalue weighted by Gasteiger charge is -2.31. The number of pyridine rings is 2. The van der Waals surface area contributed by atoms with E-state index < -0.39 is 0 Å². The number of nitrogens with zero attached hydrogens (tertiary/aromatic N) is 6. The molecule has 0 radical (unpaired) electrons. The number of hydrogen-bond donors (Lipinski definition) is 0. The molecule has 0 spiro atoms. The zero-order valence-electron chi connectivity index (χ0n) is 41.1. The van der Waals surface area contributed by atoms with Crippen LogP contribution < -0.4 is 0 Å². The summed E-state index contributed by atoms with van der Waals surface area (Å²) in [6.45, 7) is 0. The summed E-state index contributed by atoms with van der Waals surface area (Å²) in [5.41, 5.74) is 18.4. The van der Waals surface area contributed by atoms with Gasteiger partial charge < -0.3 is 18.3 Å². The first-order valence-electron chi connectivity index (χ1n) is 25.9. The van der Waals surface area contributed by atoms with Crippen LogP contribution in [0.3, 0.4) is 0 Å². The van der Waals surface area contributed by atoms with Crippen molar-refractivity contribution in [3.63, 3.8) is 0 Å². The molecule has 76 heavy (non-hydrogen) atoms. The van der Waals surface area contributed by atoms with Crippen molar-refractivity contribution in [1.82, 2.24) is 28.2 Å². The summed E-state index contributed by atoms with van der Waals surface area (Å²) < 4.78 is 10.2. The molecule has 6 nitrogen and oxygen atoms in total. The third-order valence-corrected chi connectivity index (χ3v) is 15.6. The molecule has 0 unspecified atom stereocenters. The molecule has 0 saturated heterocycles. The molecule has 6 heteroatoms. The molecule has 0 N–H and O–H groups in total. The molecule has 16 rings (SSSR count). The molecule has 354 valence electrons. The first kappa shape index (κ1) is 42.2. The Labute approximate surface area is 436 Å². The van der Waals surface area contributed by atoms with Crippen molar-refractivity contribution in [2.45, 2.75) is 0 Å². The molecule has 0 aliphatic carbocycles. The zero-order valence-corrected chi connectivity index (χ0v) is 41.1. The molecular weight excluding hydrogens is 925 g/mol. The van der Waals surface area contributed by atoms with Crippen LogP contribution in [0.4, 0.5) is 0 Å². The van der Waals surface area contributed by atoms with Crippen molar-refractivity contribution < 1.29 is 0 Å². The number of fused-ring (bicyclic) bond motifs is 12. The first-order chi connectivity index (χ1) is 37.8. The minimum atomic E-state index is 0.830. The summed E-state index contributed by atoms with van der Waals surface area (Å²) in [6.07, 6.45) is 3.95. The minimum Gasteiger partial charge on any atom is -0.306 e. The molecule has 0 saturated carbocycles. The van der Waals surface area contributed by atoms with E-state index in [-0.39, 0.29) is 0 Å². The summed E-state index contributed by atoms with van der Waals surface area (Å²) in [5.74, 6) is 0. The van der Waals surface area contributed by atoms with Gasteiger partial charge in [-0.2, -0.15) is 0 Å². The highest BCUT2D eigenvalue weighted by molar-refractivity contribution is 6.18. The van der Waals surface area contributed by atoms with E-state index in [2.05, 4.69) is 279 Å². The normalized spacial score (nSPS) is 11.9. The monoisotopic (exact) mass is 968 g/mol. The Kier molecular flexibility index (Phi) is 9.23. The molecule has 0 atom stereocenters. The third-order valence-electron chi connectivity index (χ3n) is 15.6. The van der Waals surface area contributed by atoms with E-state index in [0.717, 1.165) is 122 Å². The summed E-state index contributed by atoms with van der Waals surface area (Å²) in [4.78, 5) is 10.9. The average Bonchev–Trinajstić information content (AvgIpc) is 4.37. The summed E-state index contributed by atoms with van der Waals surface area (Å²) in [5, 5.41) is 9.32. The predicted molar refractivity (Wildman–Crippen MR) is 316 cm³/mol. The maximum absolute atomic E-state index is 5.91. The van der Waals surface area contributed by atoms with Crippen molar-refractivity contribution in [3.05, 3.63) is 267 Å². The number of hydrogen-bond acceptors (Lipinski definition) is 2. The van der Waals surface area contributed by atoms with Crippen molar-refractivity contribution >= 4 is 87.2 Å². The smallest absolute Gasteiger partial charge is 0.0827 e. The second kappa shape index (κ2) is 16.6. The standard InChI is InChI=1S/C70H44N6/c1-2-22-45(23-3-1)55-33-20-34-56(72-55)66-69(75-61-39-16-8-29-51(61)52-30-9-17-40-62(52)75)67(73-57-35-12-4-25-47(57)48-26-5-13-36-58(48)73)65(46-24-21-43-71-44-46)68(74-59-37-14-6-27-49(59)50-28-7-15-38-60(50)74)70(66)76-63-41-18-10-31-53(63)54-32-11-19-42-64(54)76/h1-44H. The molecule has 6 heterocycles. The van der Waals surface area contributed by atoms with Crippen molar-refractivity contribution in [2.24, 2.45) is 0 Å². The van der Waals surface area contributed by atoms with Gasteiger partial charge in [0, 0.05) is 72.2 Å². The number of aromatic nitrogens is 6. The zero-order chi connectivity index (χ0) is 49.8. The highest BCUT2D eigenvalue weighted by atomic mass is 15.1. The van der Waals surface area contributed by atoms with Gasteiger partial charge in [-0.05, 0) is 66.7 Å². The highest BCUT2D eigenvalue weighted by Crippen LogP contribution is 2.54.